The third-order valence-corrected chi connectivity index (χ3v) is 6.94. The third-order valence-electron chi connectivity index (χ3n) is 6.94. The molecule has 0 radical (unpaired) electrons. The van der Waals surface area contributed by atoms with Crippen molar-refractivity contribution < 1.29 is 9.59 Å². The summed E-state index contributed by atoms with van der Waals surface area (Å²) in [4.78, 5) is 53.1. The molecule has 4 aromatic rings. The Balaban J connectivity index is 1.39. The first-order valence-corrected chi connectivity index (χ1v) is 12.1. The number of amides is 1. The molecule has 1 amide bonds. The first-order chi connectivity index (χ1) is 17.0. The maximum Gasteiger partial charge on any atom is 0.333 e. The van der Waals surface area contributed by atoms with Gasteiger partial charge in [-0.05, 0) is 59.5 Å². The molecule has 5 rings (SSSR count). The van der Waals surface area contributed by atoms with Gasteiger partial charge in [-0.15, -0.1) is 0 Å². The van der Waals surface area contributed by atoms with Crippen molar-refractivity contribution in [2.75, 3.05) is 0 Å². The highest BCUT2D eigenvalue weighted by Gasteiger charge is 2.21. The van der Waals surface area contributed by atoms with E-state index in [0.29, 0.717) is 34.5 Å². The van der Waals surface area contributed by atoms with Crippen molar-refractivity contribution in [1.29, 1.82) is 0 Å². The van der Waals surface area contributed by atoms with E-state index in [1.165, 1.54) is 19.3 Å². The first-order valence-electron chi connectivity index (χ1n) is 12.1. The van der Waals surface area contributed by atoms with E-state index >= 15 is 0 Å². The molecular weight excluding hydrogens is 442 g/mol. The van der Waals surface area contributed by atoms with Crippen LogP contribution in [-0.2, 0) is 4.79 Å². The number of hydrogen-bond acceptors (Lipinski definition) is 4. The van der Waals surface area contributed by atoms with Crippen LogP contribution in [0.15, 0.2) is 70.3 Å². The summed E-state index contributed by atoms with van der Waals surface area (Å²) in [5.74, 6) is 0.112. The van der Waals surface area contributed by atoms with Crippen LogP contribution in [0.3, 0.4) is 0 Å². The molecule has 0 spiro atoms. The molecule has 0 aliphatic heterocycles. The van der Waals surface area contributed by atoms with Gasteiger partial charge in [0.2, 0.25) is 0 Å². The average molecular weight is 470 g/mol. The third kappa shape index (κ3) is 4.67. The van der Waals surface area contributed by atoms with E-state index in [0.717, 1.165) is 34.5 Å². The van der Waals surface area contributed by atoms with Gasteiger partial charge in [0, 0.05) is 5.56 Å². The lowest BCUT2D eigenvalue weighted by Crippen LogP contribution is -2.38. The number of nitrogens with one attached hydrogen (secondary N) is 2. The Morgan fingerprint density at radius 1 is 1.00 bits per heavy atom. The van der Waals surface area contributed by atoms with Gasteiger partial charge in [0.1, 0.15) is 6.29 Å². The molecule has 1 aliphatic rings. The van der Waals surface area contributed by atoms with E-state index < -0.39 is 17.3 Å². The molecule has 0 bridgehead atoms. The highest BCUT2D eigenvalue weighted by molar-refractivity contribution is 5.97. The number of aromatic nitrogens is 2. The average Bonchev–Trinajstić information content (AvgIpc) is 2.88. The SMILES string of the molecule is O=CC(CC1CCCCC1)NC(=O)c1ccc(-n2c(=O)[nH]c3cc4ccccc4cc3c2=O)cc1. The molecule has 1 saturated carbocycles. The van der Waals surface area contributed by atoms with Crippen LogP contribution in [0, 0.1) is 5.92 Å². The minimum Gasteiger partial charge on any atom is -0.343 e. The summed E-state index contributed by atoms with van der Waals surface area (Å²) in [5.41, 5.74) is 0.213. The summed E-state index contributed by atoms with van der Waals surface area (Å²) in [6.45, 7) is 0. The molecule has 1 atom stereocenters. The van der Waals surface area contributed by atoms with Crippen LogP contribution in [0.4, 0.5) is 0 Å². The number of fused-ring (bicyclic) bond motifs is 2. The zero-order valence-corrected chi connectivity index (χ0v) is 19.3. The molecule has 0 saturated heterocycles. The number of hydrogen-bond donors (Lipinski definition) is 2. The lowest BCUT2D eigenvalue weighted by Gasteiger charge is -2.24. The summed E-state index contributed by atoms with van der Waals surface area (Å²) >= 11 is 0. The fraction of sp³-hybridized carbons (Fsp3) is 0.286. The van der Waals surface area contributed by atoms with Crippen molar-refractivity contribution >= 4 is 33.9 Å². The Morgan fingerprint density at radius 2 is 1.69 bits per heavy atom. The van der Waals surface area contributed by atoms with Gasteiger partial charge >= 0.3 is 5.69 Å². The van der Waals surface area contributed by atoms with E-state index in [-0.39, 0.29) is 5.91 Å². The molecule has 2 N–H and O–H groups in total. The molecule has 1 aliphatic carbocycles. The standard InChI is InChI=1S/C28H27N3O4/c32-17-22(14-18-6-2-1-3-7-18)29-26(33)19-10-12-23(13-11-19)31-27(34)24-15-20-8-4-5-9-21(20)16-25(24)30-28(31)35/h4-5,8-13,15-18,22H,1-3,6-7,14H2,(H,29,33)(H,30,35). The van der Waals surface area contributed by atoms with Crippen LogP contribution in [0.25, 0.3) is 27.4 Å². The Morgan fingerprint density at radius 3 is 2.37 bits per heavy atom. The zero-order valence-electron chi connectivity index (χ0n) is 19.3. The van der Waals surface area contributed by atoms with Gasteiger partial charge in [-0.2, -0.15) is 0 Å². The molecule has 1 fully saturated rings. The van der Waals surface area contributed by atoms with Gasteiger partial charge in [-0.1, -0.05) is 56.4 Å². The lowest BCUT2D eigenvalue weighted by molar-refractivity contribution is -0.109. The molecular formula is C28H27N3O4. The van der Waals surface area contributed by atoms with Crippen LogP contribution >= 0.6 is 0 Å². The topological polar surface area (TPSA) is 101 Å². The minimum absolute atomic E-state index is 0.351. The van der Waals surface area contributed by atoms with Gasteiger partial charge in [-0.25, -0.2) is 9.36 Å². The largest absolute Gasteiger partial charge is 0.343 e. The number of H-pyrrole nitrogens is 1. The Hall–Kier alpha value is -4.00. The predicted octanol–water partition coefficient (Wildman–Crippen LogP) is 4.10. The summed E-state index contributed by atoms with van der Waals surface area (Å²) in [5, 5.41) is 5.05. The summed E-state index contributed by atoms with van der Waals surface area (Å²) in [7, 11) is 0. The van der Waals surface area contributed by atoms with Gasteiger partial charge in [0.05, 0.1) is 22.6 Å². The number of benzene rings is 3. The van der Waals surface area contributed by atoms with Gasteiger partial charge in [0.15, 0.2) is 0 Å². The monoisotopic (exact) mass is 469 g/mol. The van der Waals surface area contributed by atoms with Crippen molar-refractivity contribution in [3.8, 4) is 5.69 Å². The second-order valence-corrected chi connectivity index (χ2v) is 9.32. The van der Waals surface area contributed by atoms with Gasteiger partial charge in [0.25, 0.3) is 11.5 Å². The van der Waals surface area contributed by atoms with E-state index in [2.05, 4.69) is 10.3 Å². The maximum atomic E-state index is 13.2. The first kappa shape index (κ1) is 22.8. The summed E-state index contributed by atoms with van der Waals surface area (Å²) in [6.07, 6.45) is 7.24. The van der Waals surface area contributed by atoms with Crippen LogP contribution in [0.1, 0.15) is 48.9 Å². The van der Waals surface area contributed by atoms with Crippen molar-refractivity contribution in [3.05, 3.63) is 87.1 Å². The normalized spacial score (nSPS) is 15.2. The number of aromatic amines is 1. The molecule has 1 aromatic heterocycles. The van der Waals surface area contributed by atoms with E-state index in [4.69, 9.17) is 0 Å². The maximum absolute atomic E-state index is 13.2. The number of carbonyl (C=O) groups is 2. The molecule has 7 nitrogen and oxygen atoms in total. The highest BCUT2D eigenvalue weighted by Crippen LogP contribution is 2.27. The second kappa shape index (κ2) is 9.70. The van der Waals surface area contributed by atoms with Crippen molar-refractivity contribution in [2.45, 2.75) is 44.6 Å². The fourth-order valence-corrected chi connectivity index (χ4v) is 5.08. The highest BCUT2D eigenvalue weighted by atomic mass is 16.2. The van der Waals surface area contributed by atoms with Crippen molar-refractivity contribution in [1.82, 2.24) is 14.9 Å². The summed E-state index contributed by atoms with van der Waals surface area (Å²) < 4.78 is 1.07. The number of aldehydes is 1. The van der Waals surface area contributed by atoms with E-state index in [1.807, 2.05) is 24.3 Å². The van der Waals surface area contributed by atoms with Crippen LogP contribution in [-0.4, -0.2) is 27.8 Å². The zero-order chi connectivity index (χ0) is 24.4. The van der Waals surface area contributed by atoms with Crippen molar-refractivity contribution in [2.24, 2.45) is 5.92 Å². The minimum atomic E-state index is -0.552. The smallest absolute Gasteiger partial charge is 0.333 e. The molecule has 178 valence electrons. The van der Waals surface area contributed by atoms with E-state index in [1.54, 1.807) is 36.4 Å². The quantitative estimate of drug-likeness (QED) is 0.328. The van der Waals surface area contributed by atoms with Gasteiger partial charge in [-0.3, -0.25) is 9.59 Å². The second-order valence-electron chi connectivity index (χ2n) is 9.32. The predicted molar refractivity (Wildman–Crippen MR) is 136 cm³/mol. The Labute approximate surface area is 201 Å². The van der Waals surface area contributed by atoms with Crippen LogP contribution < -0.4 is 16.6 Å². The fourth-order valence-electron chi connectivity index (χ4n) is 5.08. The van der Waals surface area contributed by atoms with Crippen LogP contribution in [0.5, 0.6) is 0 Å². The van der Waals surface area contributed by atoms with Crippen molar-refractivity contribution in [3.63, 3.8) is 0 Å². The molecule has 1 unspecified atom stereocenters. The van der Waals surface area contributed by atoms with E-state index in [9.17, 15) is 19.2 Å². The summed E-state index contributed by atoms with van der Waals surface area (Å²) in [6, 6.07) is 16.9. The lowest BCUT2D eigenvalue weighted by atomic mass is 9.85. The molecule has 3 aromatic carbocycles. The Kier molecular flexibility index (Phi) is 6.31. The van der Waals surface area contributed by atoms with Crippen LogP contribution in [0.2, 0.25) is 0 Å². The van der Waals surface area contributed by atoms with Gasteiger partial charge < -0.3 is 15.1 Å². The molecule has 35 heavy (non-hydrogen) atoms. The number of rotatable bonds is 6. The Bertz CT molecular complexity index is 1510. The molecule has 7 heteroatoms. The molecule has 1 heterocycles. The number of nitrogens with zero attached hydrogens (tertiary/aromatic N) is 1. The number of carbonyl (C=O) groups excluding carboxylic acids is 2.